The van der Waals surface area contributed by atoms with Gasteiger partial charge in [-0.3, -0.25) is 29.4 Å². The number of Topliss-reactive ketones (excluding diaryl/α,β-unsaturated/α-hetero) is 1. The Kier molecular flexibility index (Phi) is 12.0. The molecule has 3 amide bonds. The van der Waals surface area contributed by atoms with E-state index in [4.69, 9.17) is 16.3 Å². The lowest BCUT2D eigenvalue weighted by Gasteiger charge is -2.38. The van der Waals surface area contributed by atoms with E-state index in [9.17, 15) is 19.2 Å². The third kappa shape index (κ3) is 9.20. The topological polar surface area (TPSA) is 161 Å². The number of nitrogens with one attached hydrogen (secondary N) is 4. The van der Waals surface area contributed by atoms with Crippen LogP contribution in [0.3, 0.4) is 0 Å². The molecule has 3 fully saturated rings. The van der Waals surface area contributed by atoms with Crippen LogP contribution in [0.4, 0.5) is 34.5 Å². The second-order valence-electron chi connectivity index (χ2n) is 14.3. The minimum Gasteiger partial charge on any atom is -0.494 e. The Morgan fingerprint density at radius 3 is 2.38 bits per heavy atom. The van der Waals surface area contributed by atoms with Crippen molar-refractivity contribution >= 4 is 69.6 Å². The van der Waals surface area contributed by atoms with Crippen LogP contribution in [0.2, 0.25) is 5.02 Å². The van der Waals surface area contributed by atoms with Crippen molar-refractivity contribution < 1.29 is 23.9 Å². The maximum Gasteiger partial charge on any atom is 0.249 e. The molecule has 15 heteroatoms. The van der Waals surface area contributed by atoms with Gasteiger partial charge < -0.3 is 30.5 Å². The van der Waals surface area contributed by atoms with Crippen LogP contribution in [0.5, 0.6) is 5.75 Å². The van der Waals surface area contributed by atoms with Crippen molar-refractivity contribution in [3.8, 4) is 5.75 Å². The number of anilines is 6. The summed E-state index contributed by atoms with van der Waals surface area (Å²) in [6.45, 7) is 6.33. The zero-order chi connectivity index (χ0) is 39.2. The van der Waals surface area contributed by atoms with Crippen LogP contribution in [0, 0.1) is 0 Å². The number of aromatic nitrogens is 2. The summed E-state index contributed by atoms with van der Waals surface area (Å²) in [5, 5.41) is 12.3. The number of methoxy groups -OCH3 is 1. The van der Waals surface area contributed by atoms with Gasteiger partial charge in [-0.15, -0.1) is 0 Å². The number of imide groups is 1. The summed E-state index contributed by atoms with van der Waals surface area (Å²) in [4.78, 5) is 64.4. The molecule has 3 aliphatic heterocycles. The van der Waals surface area contributed by atoms with Gasteiger partial charge in [0.25, 0.3) is 0 Å². The molecular formula is C41H46ClN9O5. The molecule has 0 spiro atoms. The van der Waals surface area contributed by atoms with Crippen molar-refractivity contribution in [1.29, 1.82) is 0 Å². The summed E-state index contributed by atoms with van der Waals surface area (Å²) >= 11 is 6.41. The lowest BCUT2D eigenvalue weighted by Crippen LogP contribution is -2.51. The van der Waals surface area contributed by atoms with E-state index >= 15 is 0 Å². The van der Waals surface area contributed by atoms with Gasteiger partial charge in [0.2, 0.25) is 23.7 Å². The number of hydrogen-bond donors (Lipinski definition) is 4. The minimum atomic E-state index is -0.401. The number of ether oxygens (including phenoxy) is 1. The highest BCUT2D eigenvalue weighted by Crippen LogP contribution is 2.34. The number of piperazine rings is 1. The Labute approximate surface area is 331 Å². The van der Waals surface area contributed by atoms with E-state index in [1.54, 1.807) is 25.3 Å². The Morgan fingerprint density at radius 1 is 0.911 bits per heavy atom. The van der Waals surface area contributed by atoms with Crippen molar-refractivity contribution in [1.82, 2.24) is 25.1 Å². The summed E-state index contributed by atoms with van der Waals surface area (Å²) in [5.74, 6) is 1.27. The van der Waals surface area contributed by atoms with Gasteiger partial charge in [-0.05, 0) is 87.2 Å². The van der Waals surface area contributed by atoms with Gasteiger partial charge in [-0.25, -0.2) is 4.98 Å². The van der Waals surface area contributed by atoms with Crippen molar-refractivity contribution in [3.63, 3.8) is 0 Å². The number of halogens is 1. The molecule has 1 unspecified atom stereocenters. The van der Waals surface area contributed by atoms with Gasteiger partial charge in [0, 0.05) is 55.6 Å². The Hall–Kier alpha value is -5.73. The molecule has 7 rings (SSSR count). The Bertz CT molecular complexity index is 2080. The zero-order valence-electron chi connectivity index (χ0n) is 31.5. The fraction of sp³-hybridized carbons (Fsp3) is 0.366. The monoisotopic (exact) mass is 779 g/mol. The number of ketones is 1. The first kappa shape index (κ1) is 38.5. The third-order valence-electron chi connectivity index (χ3n) is 10.6. The average Bonchev–Trinajstić information content (AvgIpc) is 3.21. The van der Waals surface area contributed by atoms with Gasteiger partial charge in [0.05, 0.1) is 31.2 Å². The lowest BCUT2D eigenvalue weighted by atomic mass is 9.89. The predicted octanol–water partition coefficient (Wildman–Crippen LogP) is 5.57. The largest absolute Gasteiger partial charge is 0.494 e. The first-order valence-electron chi connectivity index (χ1n) is 18.9. The minimum absolute atomic E-state index is 0.0773. The predicted molar refractivity (Wildman–Crippen MR) is 216 cm³/mol. The molecule has 292 valence electrons. The maximum atomic E-state index is 13.4. The maximum absolute atomic E-state index is 13.4. The van der Waals surface area contributed by atoms with Gasteiger partial charge in [-0.2, -0.15) is 4.98 Å². The van der Waals surface area contributed by atoms with E-state index < -0.39 is 6.04 Å². The van der Waals surface area contributed by atoms with Crippen LogP contribution in [0.25, 0.3) is 0 Å². The number of para-hydroxylation sites is 1. The SMILES string of the molecule is COc1cc(N2CCN(C(=O)CN3CCC(c4ccc(NC5CCC(=O)NC5=O)cc4)CC3)CC2)ccc1Nc1ncc(Cl)c(Nc2ccccc2C(C)=O)n1. The Balaban J connectivity index is 0.876. The van der Waals surface area contributed by atoms with Crippen LogP contribution in [0.1, 0.15) is 54.4 Å². The fourth-order valence-corrected chi connectivity index (χ4v) is 7.59. The number of rotatable bonds is 12. The number of carbonyl (C=O) groups is 4. The van der Waals surface area contributed by atoms with E-state index in [1.807, 2.05) is 41.3 Å². The quantitative estimate of drug-likeness (QED) is 0.105. The van der Waals surface area contributed by atoms with Gasteiger partial charge in [0.1, 0.15) is 16.8 Å². The average molecular weight is 780 g/mol. The molecule has 56 heavy (non-hydrogen) atoms. The first-order valence-corrected chi connectivity index (χ1v) is 19.3. The highest BCUT2D eigenvalue weighted by Gasteiger charge is 2.28. The second kappa shape index (κ2) is 17.4. The molecule has 0 bridgehead atoms. The number of amides is 3. The van der Waals surface area contributed by atoms with Gasteiger partial charge in [-0.1, -0.05) is 35.9 Å². The number of likely N-dealkylation sites (tertiary alicyclic amines) is 1. The summed E-state index contributed by atoms with van der Waals surface area (Å²) in [7, 11) is 1.61. The molecule has 4 aromatic rings. The molecule has 3 aromatic carbocycles. The summed E-state index contributed by atoms with van der Waals surface area (Å²) in [6, 6.07) is 20.9. The molecule has 3 saturated heterocycles. The summed E-state index contributed by atoms with van der Waals surface area (Å²) in [5.41, 5.74) is 4.91. The summed E-state index contributed by atoms with van der Waals surface area (Å²) < 4.78 is 5.74. The number of piperidine rings is 2. The molecular weight excluding hydrogens is 734 g/mol. The van der Waals surface area contributed by atoms with Gasteiger partial charge >= 0.3 is 0 Å². The van der Waals surface area contributed by atoms with Crippen LogP contribution >= 0.6 is 11.6 Å². The Morgan fingerprint density at radius 2 is 1.66 bits per heavy atom. The molecule has 0 saturated carbocycles. The molecule has 4 N–H and O–H groups in total. The van der Waals surface area contributed by atoms with E-state index in [1.165, 1.54) is 18.7 Å². The number of hydrogen-bond acceptors (Lipinski definition) is 12. The van der Waals surface area contributed by atoms with Gasteiger partial charge in [0.15, 0.2) is 11.6 Å². The summed E-state index contributed by atoms with van der Waals surface area (Å²) in [6.07, 6.45) is 4.28. The number of benzene rings is 3. The van der Waals surface area contributed by atoms with Crippen molar-refractivity contribution in [2.75, 3.05) is 73.8 Å². The van der Waals surface area contributed by atoms with Crippen molar-refractivity contribution in [2.45, 2.75) is 44.6 Å². The molecule has 14 nitrogen and oxygen atoms in total. The van der Waals surface area contributed by atoms with Crippen LogP contribution < -0.4 is 30.9 Å². The second-order valence-corrected chi connectivity index (χ2v) is 14.7. The van der Waals surface area contributed by atoms with E-state index in [0.29, 0.717) is 91.0 Å². The molecule has 3 aliphatic rings. The van der Waals surface area contributed by atoms with E-state index in [-0.39, 0.29) is 23.5 Å². The molecule has 1 aromatic heterocycles. The van der Waals surface area contributed by atoms with Crippen LogP contribution in [-0.4, -0.2) is 102 Å². The van der Waals surface area contributed by atoms with Crippen LogP contribution in [0.15, 0.2) is 72.9 Å². The molecule has 0 radical (unpaired) electrons. The number of nitrogens with zero attached hydrogens (tertiary/aromatic N) is 5. The zero-order valence-corrected chi connectivity index (χ0v) is 32.3. The molecule has 0 aliphatic carbocycles. The molecule has 1 atom stereocenters. The van der Waals surface area contributed by atoms with E-state index in [2.05, 4.69) is 53.2 Å². The standard InChI is InChI=1S/C41H46ClN9O5/c1-26(52)31-5-3-4-6-33(31)45-39-32(42)24-43-41(48-39)46-34-12-11-30(23-36(34)56-2)50-19-21-51(22-20-50)38(54)25-49-17-15-28(16-18-49)27-7-9-29(10-8-27)44-35-13-14-37(53)47-40(35)55/h3-12,23-24,28,35,44H,13-22,25H2,1-2H3,(H,47,53,55)(H2,43,45,46,48). The third-order valence-corrected chi connectivity index (χ3v) is 10.9. The normalized spacial score (nSPS) is 17.9. The molecule has 4 heterocycles. The van der Waals surface area contributed by atoms with Crippen molar-refractivity contribution in [3.05, 3.63) is 89.1 Å². The van der Waals surface area contributed by atoms with Crippen LogP contribution in [-0.2, 0) is 14.4 Å². The van der Waals surface area contributed by atoms with E-state index in [0.717, 1.165) is 37.3 Å². The number of carbonyl (C=O) groups excluding carboxylic acids is 4. The highest BCUT2D eigenvalue weighted by atomic mass is 35.5. The smallest absolute Gasteiger partial charge is 0.249 e. The highest BCUT2D eigenvalue weighted by molar-refractivity contribution is 6.33. The first-order chi connectivity index (χ1) is 27.1. The van der Waals surface area contributed by atoms with Crippen molar-refractivity contribution in [2.24, 2.45) is 0 Å². The lowest BCUT2D eigenvalue weighted by molar-refractivity contribution is -0.134. The fourth-order valence-electron chi connectivity index (χ4n) is 7.46.